The van der Waals surface area contributed by atoms with Gasteiger partial charge in [0.2, 0.25) is 11.8 Å². The predicted octanol–water partition coefficient (Wildman–Crippen LogP) is 5.55. The summed E-state index contributed by atoms with van der Waals surface area (Å²) in [7, 11) is -0.259. The summed E-state index contributed by atoms with van der Waals surface area (Å²) in [5.41, 5.74) is 0.145. The molecule has 0 fully saturated rings. The van der Waals surface area contributed by atoms with E-state index in [1.165, 1.54) is 56.6 Å². The van der Waals surface area contributed by atoms with E-state index in [0.29, 0.717) is 16.3 Å². The van der Waals surface area contributed by atoms with Gasteiger partial charge in [-0.25, -0.2) is 8.42 Å². The van der Waals surface area contributed by atoms with Crippen LogP contribution in [0.4, 0.5) is 5.69 Å². The number of carbonyl (C=O) groups is 2. The Kier molecular flexibility index (Phi) is 11.4. The van der Waals surface area contributed by atoms with Gasteiger partial charge in [-0.2, -0.15) is 0 Å². The normalized spacial score (nSPS) is 12.2. The van der Waals surface area contributed by atoms with Gasteiger partial charge < -0.3 is 24.4 Å². The van der Waals surface area contributed by atoms with E-state index < -0.39 is 40.0 Å². The number of sulfonamides is 1. The third-order valence-electron chi connectivity index (χ3n) is 6.56. The number of amides is 2. The van der Waals surface area contributed by atoms with Gasteiger partial charge >= 0.3 is 0 Å². The molecule has 3 rings (SSSR count). The summed E-state index contributed by atoms with van der Waals surface area (Å²) in [6, 6.07) is 14.4. The Balaban J connectivity index is 2.15. The van der Waals surface area contributed by atoms with Crippen LogP contribution < -0.4 is 23.8 Å². The minimum Gasteiger partial charge on any atom is -0.495 e. The van der Waals surface area contributed by atoms with Gasteiger partial charge in [-0.1, -0.05) is 35.3 Å². The summed E-state index contributed by atoms with van der Waals surface area (Å²) in [6.45, 7) is 6.38. The molecular weight excluding hydrogens is 629 g/mol. The Morgan fingerprint density at radius 3 is 1.98 bits per heavy atom. The van der Waals surface area contributed by atoms with Gasteiger partial charge in [0.1, 0.15) is 18.3 Å². The fraction of sp³-hybridized carbons (Fsp3) is 0.355. The van der Waals surface area contributed by atoms with Gasteiger partial charge in [0.25, 0.3) is 10.0 Å². The van der Waals surface area contributed by atoms with Crippen LogP contribution in [0.15, 0.2) is 65.6 Å². The molecule has 238 valence electrons. The Hall–Kier alpha value is -3.67. The molecule has 0 aliphatic carbocycles. The van der Waals surface area contributed by atoms with E-state index in [1.54, 1.807) is 37.3 Å². The Labute approximate surface area is 268 Å². The smallest absolute Gasteiger partial charge is 0.265 e. The summed E-state index contributed by atoms with van der Waals surface area (Å²) in [4.78, 5) is 28.6. The molecule has 0 heterocycles. The number of hydrogen-bond donors (Lipinski definition) is 1. The SMILES string of the molecule is COc1ccc(S(=O)(=O)N(CC(=O)N(Cc2ccc(Cl)cc2)[C@@H](C)C(=O)NC(C)(C)C)c2cc(Cl)ccc2OC)cc1OC. The summed E-state index contributed by atoms with van der Waals surface area (Å²) >= 11 is 12.4. The maximum absolute atomic E-state index is 14.3. The standard InChI is InChI=1S/C31H37Cl2N3O7S/c1-20(30(38)34-31(2,3)4)35(18-21-8-10-22(32)11-9-21)29(37)19-36(25-16-23(33)12-14-26(25)41-5)44(39,40)24-13-15-27(42-6)28(17-24)43-7/h8-17,20H,18-19H2,1-7H3,(H,34,38)/t20-/m0/s1. The summed E-state index contributed by atoms with van der Waals surface area (Å²) < 4.78 is 45.6. The molecule has 13 heteroatoms. The van der Waals surface area contributed by atoms with E-state index in [-0.39, 0.29) is 33.6 Å². The molecule has 0 saturated heterocycles. The van der Waals surface area contributed by atoms with Crippen molar-refractivity contribution >= 4 is 50.7 Å². The van der Waals surface area contributed by atoms with Crippen LogP contribution >= 0.6 is 23.2 Å². The Bertz CT molecular complexity index is 1590. The first-order valence-electron chi connectivity index (χ1n) is 13.6. The Morgan fingerprint density at radius 1 is 0.841 bits per heavy atom. The molecular formula is C31H37Cl2N3O7S. The van der Waals surface area contributed by atoms with Gasteiger partial charge in [-0.3, -0.25) is 13.9 Å². The fourth-order valence-corrected chi connectivity index (χ4v) is 6.04. The van der Waals surface area contributed by atoms with Crippen molar-refractivity contribution in [3.05, 3.63) is 76.3 Å². The van der Waals surface area contributed by atoms with Gasteiger partial charge in [0.05, 0.1) is 31.9 Å². The minimum atomic E-state index is -4.45. The van der Waals surface area contributed by atoms with Crippen molar-refractivity contribution in [3.8, 4) is 17.2 Å². The molecule has 0 aliphatic heterocycles. The minimum absolute atomic E-state index is 0.00561. The lowest BCUT2D eigenvalue weighted by Crippen LogP contribution is -2.54. The number of halogens is 2. The lowest BCUT2D eigenvalue weighted by Gasteiger charge is -2.33. The van der Waals surface area contributed by atoms with Crippen molar-refractivity contribution < 1.29 is 32.2 Å². The number of nitrogens with one attached hydrogen (secondary N) is 1. The zero-order chi connectivity index (χ0) is 32.8. The third-order valence-corrected chi connectivity index (χ3v) is 8.81. The molecule has 2 amide bonds. The first kappa shape index (κ1) is 34.8. The van der Waals surface area contributed by atoms with Crippen LogP contribution in [0.1, 0.15) is 33.3 Å². The number of nitrogens with zero attached hydrogens (tertiary/aromatic N) is 2. The van der Waals surface area contributed by atoms with E-state index in [0.717, 1.165) is 4.31 Å². The third kappa shape index (κ3) is 8.49. The van der Waals surface area contributed by atoms with Crippen LogP contribution in [-0.4, -0.2) is 64.6 Å². The van der Waals surface area contributed by atoms with Crippen LogP contribution in [0, 0.1) is 0 Å². The van der Waals surface area contributed by atoms with Crippen LogP contribution in [0.25, 0.3) is 0 Å². The summed E-state index contributed by atoms with van der Waals surface area (Å²) in [6.07, 6.45) is 0. The molecule has 0 radical (unpaired) electrons. The van der Waals surface area contributed by atoms with Crippen LogP contribution in [0.5, 0.6) is 17.2 Å². The second-order valence-electron chi connectivity index (χ2n) is 10.9. The molecule has 0 unspecified atom stereocenters. The van der Waals surface area contributed by atoms with E-state index in [1.807, 2.05) is 20.8 Å². The highest BCUT2D eigenvalue weighted by Crippen LogP contribution is 2.37. The van der Waals surface area contributed by atoms with E-state index in [2.05, 4.69) is 5.32 Å². The number of methoxy groups -OCH3 is 3. The average Bonchev–Trinajstić information content (AvgIpc) is 2.97. The summed E-state index contributed by atoms with van der Waals surface area (Å²) in [5, 5.41) is 3.61. The molecule has 10 nitrogen and oxygen atoms in total. The van der Waals surface area contributed by atoms with E-state index >= 15 is 0 Å². The second-order valence-corrected chi connectivity index (χ2v) is 13.6. The number of rotatable bonds is 12. The summed E-state index contributed by atoms with van der Waals surface area (Å²) in [5.74, 6) is -0.400. The lowest BCUT2D eigenvalue weighted by atomic mass is 10.1. The van der Waals surface area contributed by atoms with Gasteiger partial charge in [-0.05, 0) is 75.7 Å². The molecule has 0 spiro atoms. The first-order chi connectivity index (χ1) is 20.6. The van der Waals surface area contributed by atoms with E-state index in [4.69, 9.17) is 37.4 Å². The molecule has 44 heavy (non-hydrogen) atoms. The maximum Gasteiger partial charge on any atom is 0.265 e. The number of benzene rings is 3. The number of carbonyl (C=O) groups excluding carboxylic acids is 2. The highest BCUT2D eigenvalue weighted by molar-refractivity contribution is 7.92. The van der Waals surface area contributed by atoms with Crippen molar-refractivity contribution in [2.45, 2.75) is 50.7 Å². The topological polar surface area (TPSA) is 114 Å². The average molecular weight is 667 g/mol. The van der Waals surface area contributed by atoms with Crippen molar-refractivity contribution in [2.75, 3.05) is 32.2 Å². The second kappa shape index (κ2) is 14.4. The zero-order valence-corrected chi connectivity index (χ0v) is 28.0. The largest absolute Gasteiger partial charge is 0.495 e. The quantitative estimate of drug-likeness (QED) is 0.270. The van der Waals surface area contributed by atoms with Gasteiger partial charge in [0.15, 0.2) is 11.5 Å². The fourth-order valence-electron chi connectivity index (χ4n) is 4.32. The number of hydrogen-bond acceptors (Lipinski definition) is 7. The highest BCUT2D eigenvalue weighted by Gasteiger charge is 2.35. The molecule has 1 atom stereocenters. The van der Waals surface area contributed by atoms with Gasteiger partial charge in [-0.15, -0.1) is 0 Å². The number of anilines is 1. The molecule has 3 aromatic rings. The predicted molar refractivity (Wildman–Crippen MR) is 171 cm³/mol. The maximum atomic E-state index is 14.3. The lowest BCUT2D eigenvalue weighted by molar-refractivity contribution is -0.140. The van der Waals surface area contributed by atoms with Crippen molar-refractivity contribution in [1.82, 2.24) is 10.2 Å². The zero-order valence-electron chi connectivity index (χ0n) is 25.7. The van der Waals surface area contributed by atoms with Crippen LogP contribution in [-0.2, 0) is 26.2 Å². The van der Waals surface area contributed by atoms with Crippen LogP contribution in [0.3, 0.4) is 0 Å². The highest BCUT2D eigenvalue weighted by atomic mass is 35.5. The molecule has 1 N–H and O–H groups in total. The molecule has 0 aliphatic rings. The molecule has 0 saturated carbocycles. The van der Waals surface area contributed by atoms with Crippen molar-refractivity contribution in [3.63, 3.8) is 0 Å². The van der Waals surface area contributed by atoms with Gasteiger partial charge in [0, 0.05) is 28.2 Å². The molecule has 0 bridgehead atoms. The molecule has 0 aromatic heterocycles. The Morgan fingerprint density at radius 2 is 1.41 bits per heavy atom. The van der Waals surface area contributed by atoms with E-state index in [9.17, 15) is 18.0 Å². The number of ether oxygens (including phenoxy) is 3. The first-order valence-corrected chi connectivity index (χ1v) is 15.7. The van der Waals surface area contributed by atoms with Crippen LogP contribution in [0.2, 0.25) is 10.0 Å². The van der Waals surface area contributed by atoms with Crippen molar-refractivity contribution in [1.29, 1.82) is 0 Å². The van der Waals surface area contributed by atoms with Crippen molar-refractivity contribution in [2.24, 2.45) is 0 Å². The monoisotopic (exact) mass is 665 g/mol. The molecule has 3 aromatic carbocycles.